The SMILES string of the molecule is Cn1cc(C2CC3=C(C=C2C(F)F)CCCC3)cn1. The number of aryl methyl sites for hydroxylation is 1. The number of alkyl halides is 2. The molecule has 2 aliphatic carbocycles. The maximum absolute atomic E-state index is 13.3. The second-order valence-electron chi connectivity index (χ2n) is 5.48. The van der Waals surface area contributed by atoms with Gasteiger partial charge in [0.2, 0.25) is 0 Å². The fourth-order valence-corrected chi connectivity index (χ4v) is 3.21. The Hall–Kier alpha value is -1.45. The second kappa shape index (κ2) is 4.91. The van der Waals surface area contributed by atoms with Gasteiger partial charge in [-0.15, -0.1) is 0 Å². The monoisotopic (exact) mass is 264 g/mol. The Morgan fingerprint density at radius 1 is 1.32 bits per heavy atom. The van der Waals surface area contributed by atoms with Crippen molar-refractivity contribution >= 4 is 0 Å². The molecule has 1 aromatic rings. The van der Waals surface area contributed by atoms with E-state index in [1.165, 1.54) is 17.6 Å². The van der Waals surface area contributed by atoms with Gasteiger partial charge in [-0.3, -0.25) is 4.68 Å². The third-order valence-electron chi connectivity index (χ3n) is 4.20. The molecule has 19 heavy (non-hydrogen) atoms. The van der Waals surface area contributed by atoms with Crippen molar-refractivity contribution in [3.8, 4) is 0 Å². The topological polar surface area (TPSA) is 17.8 Å². The lowest BCUT2D eigenvalue weighted by atomic mass is 9.76. The van der Waals surface area contributed by atoms with Gasteiger partial charge in [-0.2, -0.15) is 5.10 Å². The lowest BCUT2D eigenvalue weighted by Gasteiger charge is -2.30. The normalized spacial score (nSPS) is 23.6. The summed E-state index contributed by atoms with van der Waals surface area (Å²) < 4.78 is 28.3. The minimum absolute atomic E-state index is 0.189. The first-order valence-corrected chi connectivity index (χ1v) is 6.84. The molecular formula is C15H18F2N2. The molecule has 0 saturated carbocycles. The summed E-state index contributed by atoms with van der Waals surface area (Å²) in [6, 6.07) is 0. The molecular weight excluding hydrogens is 246 g/mol. The molecule has 0 fully saturated rings. The average Bonchev–Trinajstić information content (AvgIpc) is 2.83. The van der Waals surface area contributed by atoms with Crippen molar-refractivity contribution < 1.29 is 8.78 Å². The van der Waals surface area contributed by atoms with E-state index in [4.69, 9.17) is 0 Å². The zero-order chi connectivity index (χ0) is 13.4. The van der Waals surface area contributed by atoms with Gasteiger partial charge >= 0.3 is 0 Å². The van der Waals surface area contributed by atoms with Crippen molar-refractivity contribution in [2.24, 2.45) is 7.05 Å². The van der Waals surface area contributed by atoms with Crippen molar-refractivity contribution in [1.29, 1.82) is 0 Å². The van der Waals surface area contributed by atoms with E-state index in [0.29, 0.717) is 0 Å². The molecule has 0 spiro atoms. The first-order chi connectivity index (χ1) is 9.15. The number of aromatic nitrogens is 2. The largest absolute Gasteiger partial charge is 0.276 e. The van der Waals surface area contributed by atoms with Crippen LogP contribution >= 0.6 is 0 Å². The summed E-state index contributed by atoms with van der Waals surface area (Å²) in [7, 11) is 1.82. The van der Waals surface area contributed by atoms with E-state index >= 15 is 0 Å². The first-order valence-electron chi connectivity index (χ1n) is 6.84. The predicted octanol–water partition coefficient (Wildman–Crippen LogP) is 3.97. The molecule has 0 saturated heterocycles. The fraction of sp³-hybridized carbons (Fsp3) is 0.533. The molecule has 0 bridgehead atoms. The first kappa shape index (κ1) is 12.6. The highest BCUT2D eigenvalue weighted by atomic mass is 19.3. The third-order valence-corrected chi connectivity index (χ3v) is 4.20. The van der Waals surface area contributed by atoms with Crippen molar-refractivity contribution in [2.75, 3.05) is 0 Å². The number of halogens is 2. The minimum Gasteiger partial charge on any atom is -0.276 e. The molecule has 2 nitrogen and oxygen atoms in total. The van der Waals surface area contributed by atoms with Crippen LogP contribution in [0.1, 0.15) is 43.6 Å². The average molecular weight is 264 g/mol. The van der Waals surface area contributed by atoms with Crippen LogP contribution in [0.25, 0.3) is 0 Å². The Kier molecular flexibility index (Phi) is 3.25. The molecule has 1 heterocycles. The maximum atomic E-state index is 13.3. The van der Waals surface area contributed by atoms with Gasteiger partial charge in [0.05, 0.1) is 6.20 Å². The molecule has 0 amide bonds. The predicted molar refractivity (Wildman–Crippen MR) is 70.1 cm³/mol. The van der Waals surface area contributed by atoms with Crippen molar-refractivity contribution in [1.82, 2.24) is 9.78 Å². The van der Waals surface area contributed by atoms with Gasteiger partial charge in [-0.1, -0.05) is 11.6 Å². The van der Waals surface area contributed by atoms with Gasteiger partial charge in [-0.25, -0.2) is 8.78 Å². The van der Waals surface area contributed by atoms with Crippen LogP contribution in [0.2, 0.25) is 0 Å². The molecule has 3 rings (SSSR count). The van der Waals surface area contributed by atoms with Crippen LogP contribution in [0.3, 0.4) is 0 Å². The summed E-state index contributed by atoms with van der Waals surface area (Å²) in [5.74, 6) is -0.189. The standard InChI is InChI=1S/C15H18F2N2/c1-19-9-12(8-18-19)13-6-10-4-2-3-5-11(10)7-14(13)15(16)17/h7-9,13,15H,2-6H2,1H3. The number of nitrogens with zero attached hydrogens (tertiary/aromatic N) is 2. The highest BCUT2D eigenvalue weighted by Gasteiger charge is 2.31. The van der Waals surface area contributed by atoms with Crippen molar-refractivity contribution in [3.05, 3.63) is 40.8 Å². The van der Waals surface area contributed by atoms with Gasteiger partial charge in [0.1, 0.15) is 0 Å². The summed E-state index contributed by atoms with van der Waals surface area (Å²) in [6.07, 6.45) is 8.06. The van der Waals surface area contributed by atoms with Crippen LogP contribution in [0, 0.1) is 0 Å². The zero-order valence-electron chi connectivity index (χ0n) is 11.1. The molecule has 1 atom stereocenters. The lowest BCUT2D eigenvalue weighted by Crippen LogP contribution is -2.17. The van der Waals surface area contributed by atoms with Gasteiger partial charge in [0.15, 0.2) is 0 Å². The Bertz CT molecular complexity index is 540. The van der Waals surface area contributed by atoms with Crippen LogP contribution < -0.4 is 0 Å². The Balaban J connectivity index is 1.97. The Labute approximate surface area is 111 Å². The highest BCUT2D eigenvalue weighted by Crippen LogP contribution is 2.43. The second-order valence-corrected chi connectivity index (χ2v) is 5.48. The Morgan fingerprint density at radius 2 is 2.11 bits per heavy atom. The summed E-state index contributed by atoms with van der Waals surface area (Å²) in [6.45, 7) is 0. The third kappa shape index (κ3) is 2.36. The smallest absolute Gasteiger partial charge is 0.260 e. The van der Waals surface area contributed by atoms with E-state index in [0.717, 1.165) is 31.2 Å². The van der Waals surface area contributed by atoms with Crippen molar-refractivity contribution in [2.45, 2.75) is 44.4 Å². The van der Waals surface area contributed by atoms with Crippen LogP contribution in [-0.2, 0) is 7.05 Å². The maximum Gasteiger partial charge on any atom is 0.260 e. The molecule has 1 aromatic heterocycles. The molecule has 0 aromatic carbocycles. The molecule has 102 valence electrons. The molecule has 1 unspecified atom stereocenters. The summed E-state index contributed by atoms with van der Waals surface area (Å²) in [5, 5.41) is 4.12. The highest BCUT2D eigenvalue weighted by molar-refractivity contribution is 5.43. The van der Waals surface area contributed by atoms with Crippen molar-refractivity contribution in [3.63, 3.8) is 0 Å². The number of hydrogen-bond donors (Lipinski definition) is 0. The van der Waals surface area contributed by atoms with E-state index in [9.17, 15) is 8.78 Å². The molecule has 4 heteroatoms. The van der Waals surface area contributed by atoms with E-state index in [2.05, 4.69) is 5.10 Å². The van der Waals surface area contributed by atoms with Gasteiger partial charge in [-0.05, 0) is 43.2 Å². The summed E-state index contributed by atoms with van der Waals surface area (Å²) >= 11 is 0. The van der Waals surface area contributed by atoms with E-state index in [1.54, 1.807) is 17.0 Å². The molecule has 0 N–H and O–H groups in total. The van der Waals surface area contributed by atoms with Crippen LogP contribution in [-0.4, -0.2) is 16.2 Å². The van der Waals surface area contributed by atoms with E-state index in [1.807, 2.05) is 13.2 Å². The number of allylic oxidation sites excluding steroid dienone is 4. The zero-order valence-corrected chi connectivity index (χ0v) is 11.1. The van der Waals surface area contributed by atoms with Crippen LogP contribution in [0.5, 0.6) is 0 Å². The summed E-state index contributed by atoms with van der Waals surface area (Å²) in [5.41, 5.74) is 3.73. The van der Waals surface area contributed by atoms with E-state index in [-0.39, 0.29) is 11.5 Å². The lowest BCUT2D eigenvalue weighted by molar-refractivity contribution is 0.180. The minimum atomic E-state index is -2.37. The van der Waals surface area contributed by atoms with Gasteiger partial charge < -0.3 is 0 Å². The van der Waals surface area contributed by atoms with Crippen LogP contribution in [0.4, 0.5) is 8.78 Å². The van der Waals surface area contributed by atoms with Crippen LogP contribution in [0.15, 0.2) is 35.2 Å². The molecule has 2 aliphatic rings. The number of hydrogen-bond acceptors (Lipinski definition) is 1. The van der Waals surface area contributed by atoms with Gasteiger partial charge in [0, 0.05) is 24.7 Å². The Morgan fingerprint density at radius 3 is 2.79 bits per heavy atom. The van der Waals surface area contributed by atoms with Gasteiger partial charge in [0.25, 0.3) is 6.43 Å². The summed E-state index contributed by atoms with van der Waals surface area (Å²) in [4.78, 5) is 0. The quantitative estimate of drug-likeness (QED) is 0.790. The fourth-order valence-electron chi connectivity index (χ4n) is 3.21. The number of rotatable bonds is 2. The van der Waals surface area contributed by atoms with E-state index < -0.39 is 6.43 Å². The molecule has 0 aliphatic heterocycles. The molecule has 0 radical (unpaired) electrons.